The molecule has 1 heterocycles. The molecule has 0 N–H and O–H groups in total. The van der Waals surface area contributed by atoms with Crippen LogP contribution in [0.25, 0.3) is 0 Å². The minimum Gasteiger partial charge on any atom is -0.377 e. The average Bonchev–Trinajstić information content (AvgIpc) is 2.56. The molecule has 0 aliphatic carbocycles. The smallest absolute Gasteiger partial charge is 0.287 e. The Bertz CT molecular complexity index is 837. The van der Waals surface area contributed by atoms with Gasteiger partial charge in [-0.3, -0.25) is 4.79 Å². The summed E-state index contributed by atoms with van der Waals surface area (Å²) in [7, 11) is 0. The number of hydrogen-bond donors (Lipinski definition) is 0. The van der Waals surface area contributed by atoms with E-state index in [1.165, 1.54) is 10.9 Å². The molecule has 1 aromatic carbocycles. The van der Waals surface area contributed by atoms with Gasteiger partial charge >= 0.3 is 0 Å². The third kappa shape index (κ3) is 5.19. The molecule has 0 saturated heterocycles. The molecule has 0 fully saturated rings. The fourth-order valence-electron chi connectivity index (χ4n) is 2.16. The molecule has 0 unspecified atom stereocenters. The molecule has 1 aromatic heterocycles. The summed E-state index contributed by atoms with van der Waals surface area (Å²) in [5.74, 6) is 5.95. The number of hydrogen-bond acceptors (Lipinski definition) is 3. The Morgan fingerprint density at radius 1 is 1.20 bits per heavy atom. The van der Waals surface area contributed by atoms with Crippen LogP contribution >= 0.6 is 11.6 Å². The van der Waals surface area contributed by atoms with E-state index in [-0.39, 0.29) is 10.6 Å². The van der Waals surface area contributed by atoms with Crippen LogP contribution in [-0.2, 0) is 16.9 Å². The van der Waals surface area contributed by atoms with E-state index in [1.54, 1.807) is 0 Å². The summed E-state index contributed by atoms with van der Waals surface area (Å²) >= 11 is 6.17. The van der Waals surface area contributed by atoms with Gasteiger partial charge in [0.15, 0.2) is 0 Å². The molecule has 132 valence electrons. The van der Waals surface area contributed by atoms with Gasteiger partial charge in [-0.15, -0.1) is 0 Å². The van der Waals surface area contributed by atoms with Crippen molar-refractivity contribution in [3.8, 4) is 11.8 Å². The number of nitrogens with zero attached hydrogens (tertiary/aromatic N) is 2. The highest BCUT2D eigenvalue weighted by atomic mass is 35.5. The predicted molar refractivity (Wildman–Crippen MR) is 101 cm³/mol. The van der Waals surface area contributed by atoms with Crippen LogP contribution in [-0.4, -0.2) is 16.4 Å². The largest absolute Gasteiger partial charge is 0.377 e. The molecular weight excluding hydrogens is 336 g/mol. The molecule has 25 heavy (non-hydrogen) atoms. The topological polar surface area (TPSA) is 44.1 Å². The Hall–Kier alpha value is -2.09. The van der Waals surface area contributed by atoms with E-state index in [1.807, 2.05) is 45.0 Å². The number of rotatable bonds is 4. The van der Waals surface area contributed by atoms with Crippen molar-refractivity contribution in [1.82, 2.24) is 9.78 Å². The zero-order valence-corrected chi connectivity index (χ0v) is 15.9. The SMILES string of the molecule is CCCOCc1ccc(C#Cc2cnn(C(C)(C)C)c(=O)c2Cl)cc1. The minimum atomic E-state index is -0.428. The monoisotopic (exact) mass is 358 g/mol. The fourth-order valence-corrected chi connectivity index (χ4v) is 2.33. The summed E-state index contributed by atoms with van der Waals surface area (Å²) in [6.07, 6.45) is 2.54. The van der Waals surface area contributed by atoms with E-state index in [2.05, 4.69) is 23.9 Å². The van der Waals surface area contributed by atoms with Gasteiger partial charge in [0.05, 0.1) is 23.9 Å². The third-order valence-electron chi connectivity index (χ3n) is 3.47. The van der Waals surface area contributed by atoms with Crippen molar-refractivity contribution in [3.05, 3.63) is 62.5 Å². The Kier molecular flexibility index (Phi) is 6.41. The van der Waals surface area contributed by atoms with Crippen LogP contribution in [0.15, 0.2) is 35.3 Å². The lowest BCUT2D eigenvalue weighted by Crippen LogP contribution is -2.36. The van der Waals surface area contributed by atoms with Gasteiger partial charge < -0.3 is 4.74 Å². The molecule has 2 rings (SSSR count). The van der Waals surface area contributed by atoms with Crippen molar-refractivity contribution in [2.24, 2.45) is 0 Å². The molecular formula is C20H23ClN2O2. The number of ether oxygens (including phenoxy) is 1. The summed E-state index contributed by atoms with van der Waals surface area (Å²) in [4.78, 5) is 12.3. The fraction of sp³-hybridized carbons (Fsp3) is 0.400. The highest BCUT2D eigenvalue weighted by Crippen LogP contribution is 2.13. The van der Waals surface area contributed by atoms with E-state index < -0.39 is 5.54 Å². The molecule has 0 amide bonds. The molecule has 0 spiro atoms. The van der Waals surface area contributed by atoms with Crippen molar-refractivity contribution in [2.75, 3.05) is 6.61 Å². The molecule has 5 heteroatoms. The second kappa shape index (κ2) is 8.33. The van der Waals surface area contributed by atoms with E-state index in [4.69, 9.17) is 16.3 Å². The summed E-state index contributed by atoms with van der Waals surface area (Å²) in [5, 5.41) is 4.28. The zero-order chi connectivity index (χ0) is 18.4. The maximum absolute atomic E-state index is 12.3. The van der Waals surface area contributed by atoms with Crippen molar-refractivity contribution in [3.63, 3.8) is 0 Å². The Balaban J connectivity index is 2.19. The normalized spacial score (nSPS) is 11.1. The first-order valence-electron chi connectivity index (χ1n) is 8.30. The summed E-state index contributed by atoms with van der Waals surface area (Å²) in [5.41, 5.74) is 1.62. The van der Waals surface area contributed by atoms with Crippen LogP contribution in [0.5, 0.6) is 0 Å². The van der Waals surface area contributed by atoms with Crippen LogP contribution < -0.4 is 5.56 Å². The Morgan fingerprint density at radius 3 is 2.48 bits per heavy atom. The summed E-state index contributed by atoms with van der Waals surface area (Å²) < 4.78 is 6.87. The van der Waals surface area contributed by atoms with Crippen LogP contribution in [0.4, 0.5) is 0 Å². The second-order valence-corrected chi connectivity index (χ2v) is 7.14. The molecule has 0 bridgehead atoms. The van der Waals surface area contributed by atoms with Crippen molar-refractivity contribution < 1.29 is 4.74 Å². The van der Waals surface area contributed by atoms with E-state index in [0.717, 1.165) is 24.2 Å². The highest BCUT2D eigenvalue weighted by molar-refractivity contribution is 6.31. The van der Waals surface area contributed by atoms with Gasteiger partial charge in [0.25, 0.3) is 5.56 Å². The standard InChI is InChI=1S/C20H23ClN2O2/c1-5-12-25-14-16-8-6-15(7-9-16)10-11-17-13-22-23(20(2,3)4)19(24)18(17)21/h6-9,13H,5,12,14H2,1-4H3. The first-order valence-corrected chi connectivity index (χ1v) is 8.67. The molecule has 2 aromatic rings. The second-order valence-electron chi connectivity index (χ2n) is 6.76. The zero-order valence-electron chi connectivity index (χ0n) is 15.1. The Morgan fingerprint density at radius 2 is 1.88 bits per heavy atom. The lowest BCUT2D eigenvalue weighted by molar-refractivity contribution is 0.121. The number of aromatic nitrogens is 2. The first kappa shape index (κ1) is 19.2. The van der Waals surface area contributed by atoms with E-state index >= 15 is 0 Å². The highest BCUT2D eigenvalue weighted by Gasteiger charge is 2.18. The Labute approximate surface area is 153 Å². The molecule has 0 atom stereocenters. The van der Waals surface area contributed by atoms with Gasteiger partial charge in [-0.2, -0.15) is 5.10 Å². The van der Waals surface area contributed by atoms with Crippen molar-refractivity contribution in [2.45, 2.75) is 46.3 Å². The van der Waals surface area contributed by atoms with Crippen molar-refractivity contribution in [1.29, 1.82) is 0 Å². The van der Waals surface area contributed by atoms with Gasteiger partial charge in [0.1, 0.15) is 5.02 Å². The quantitative estimate of drug-likeness (QED) is 0.613. The van der Waals surface area contributed by atoms with Gasteiger partial charge in [0, 0.05) is 12.2 Å². The molecule has 0 aliphatic rings. The van der Waals surface area contributed by atoms with E-state index in [0.29, 0.717) is 12.2 Å². The van der Waals surface area contributed by atoms with E-state index in [9.17, 15) is 4.79 Å². The van der Waals surface area contributed by atoms with Crippen LogP contribution in [0.3, 0.4) is 0 Å². The third-order valence-corrected chi connectivity index (χ3v) is 3.83. The first-order chi connectivity index (χ1) is 11.8. The molecule has 4 nitrogen and oxygen atoms in total. The molecule has 0 radical (unpaired) electrons. The van der Waals surface area contributed by atoms with Gasteiger partial charge in [0.2, 0.25) is 0 Å². The average molecular weight is 359 g/mol. The molecule has 0 saturated carbocycles. The lowest BCUT2D eigenvalue weighted by atomic mass is 10.1. The number of halogens is 1. The summed E-state index contributed by atoms with van der Waals surface area (Å²) in [6, 6.07) is 7.82. The summed E-state index contributed by atoms with van der Waals surface area (Å²) in [6.45, 7) is 9.13. The number of benzene rings is 1. The van der Waals surface area contributed by atoms with Crippen LogP contribution in [0, 0.1) is 11.8 Å². The van der Waals surface area contributed by atoms with Gasteiger partial charge in [-0.1, -0.05) is 42.5 Å². The van der Waals surface area contributed by atoms with Crippen molar-refractivity contribution >= 4 is 11.6 Å². The maximum atomic E-state index is 12.3. The van der Waals surface area contributed by atoms with Crippen LogP contribution in [0.1, 0.15) is 50.8 Å². The van der Waals surface area contributed by atoms with Gasteiger partial charge in [-0.05, 0) is 44.9 Å². The lowest BCUT2D eigenvalue weighted by Gasteiger charge is -2.20. The minimum absolute atomic E-state index is 0.0991. The maximum Gasteiger partial charge on any atom is 0.287 e. The predicted octanol–water partition coefficient (Wildman–Crippen LogP) is 3.98. The van der Waals surface area contributed by atoms with Crippen LogP contribution in [0.2, 0.25) is 5.02 Å². The molecule has 0 aliphatic heterocycles. The van der Waals surface area contributed by atoms with Gasteiger partial charge in [-0.25, -0.2) is 4.68 Å².